The molecule has 0 bridgehead atoms. The minimum Gasteiger partial charge on any atom is -0.445 e. The lowest BCUT2D eigenvalue weighted by Crippen LogP contribution is -2.49. The van der Waals surface area contributed by atoms with Gasteiger partial charge in [0.2, 0.25) is 0 Å². The van der Waals surface area contributed by atoms with Gasteiger partial charge in [-0.2, -0.15) is 0 Å². The topological polar surface area (TPSA) is 55.6 Å². The van der Waals surface area contributed by atoms with Gasteiger partial charge in [0, 0.05) is 19.1 Å². The molecule has 0 saturated carbocycles. The van der Waals surface area contributed by atoms with E-state index < -0.39 is 0 Å². The van der Waals surface area contributed by atoms with Gasteiger partial charge in [0.05, 0.1) is 0 Å². The van der Waals surface area contributed by atoms with Crippen molar-refractivity contribution in [2.45, 2.75) is 32.4 Å². The number of ether oxygens (including phenoxy) is 1. The van der Waals surface area contributed by atoms with Crippen LogP contribution in [0.5, 0.6) is 0 Å². The summed E-state index contributed by atoms with van der Waals surface area (Å²) in [5.74, 6) is 0.520. The fourth-order valence-corrected chi connectivity index (χ4v) is 2.48. The summed E-state index contributed by atoms with van der Waals surface area (Å²) in [6.07, 6.45) is 1.86. The van der Waals surface area contributed by atoms with Crippen molar-refractivity contribution in [2.24, 2.45) is 11.7 Å². The molecule has 104 valence electrons. The normalized spacial score (nSPS) is 23.2. The number of rotatable bonds is 3. The van der Waals surface area contributed by atoms with Gasteiger partial charge < -0.3 is 15.4 Å². The van der Waals surface area contributed by atoms with Crippen molar-refractivity contribution in [1.82, 2.24) is 4.90 Å². The van der Waals surface area contributed by atoms with E-state index in [4.69, 9.17) is 10.5 Å². The van der Waals surface area contributed by atoms with Gasteiger partial charge >= 0.3 is 6.09 Å². The molecule has 1 heterocycles. The van der Waals surface area contributed by atoms with Gasteiger partial charge in [-0.1, -0.05) is 37.3 Å². The number of carbonyl (C=O) groups is 1. The first-order valence-corrected chi connectivity index (χ1v) is 6.88. The molecule has 0 unspecified atom stereocenters. The van der Waals surface area contributed by atoms with Gasteiger partial charge in [0.15, 0.2) is 0 Å². The quantitative estimate of drug-likeness (QED) is 0.910. The summed E-state index contributed by atoms with van der Waals surface area (Å²) in [4.78, 5) is 13.9. The number of hydrogen-bond acceptors (Lipinski definition) is 3. The highest BCUT2D eigenvalue weighted by molar-refractivity contribution is 5.68. The lowest BCUT2D eigenvalue weighted by Gasteiger charge is -2.37. The van der Waals surface area contributed by atoms with Crippen LogP contribution in [0.3, 0.4) is 0 Å². The second kappa shape index (κ2) is 6.57. The van der Waals surface area contributed by atoms with E-state index >= 15 is 0 Å². The molecule has 4 heteroatoms. The van der Waals surface area contributed by atoms with Crippen molar-refractivity contribution < 1.29 is 9.53 Å². The molecule has 0 aromatic heterocycles. The van der Waals surface area contributed by atoms with Crippen LogP contribution in [0.25, 0.3) is 0 Å². The van der Waals surface area contributed by atoms with E-state index in [2.05, 4.69) is 6.92 Å². The summed E-state index contributed by atoms with van der Waals surface area (Å²) in [6.45, 7) is 3.73. The number of amides is 1. The van der Waals surface area contributed by atoms with Crippen LogP contribution >= 0.6 is 0 Å². The molecule has 1 aromatic carbocycles. The Bertz CT molecular complexity index is 408. The average Bonchev–Trinajstić information content (AvgIpc) is 2.46. The van der Waals surface area contributed by atoms with Crippen molar-refractivity contribution in [1.29, 1.82) is 0 Å². The standard InChI is InChI=1S/C15H22N2O2/c1-12-7-8-14(9-16)17(10-12)15(18)19-11-13-5-3-2-4-6-13/h2-6,12,14H,7-11,16H2,1H3/t12-,14-/m1/s1. The number of carbonyl (C=O) groups excluding carboxylic acids is 1. The van der Waals surface area contributed by atoms with Gasteiger partial charge in [-0.3, -0.25) is 0 Å². The number of likely N-dealkylation sites (tertiary alicyclic amines) is 1. The van der Waals surface area contributed by atoms with E-state index in [-0.39, 0.29) is 12.1 Å². The van der Waals surface area contributed by atoms with Crippen molar-refractivity contribution in [3.8, 4) is 0 Å². The third-order valence-corrected chi connectivity index (χ3v) is 3.65. The van der Waals surface area contributed by atoms with Crippen LogP contribution in [0.15, 0.2) is 30.3 Å². The molecule has 1 amide bonds. The highest BCUT2D eigenvalue weighted by atomic mass is 16.6. The zero-order valence-electron chi connectivity index (χ0n) is 11.4. The van der Waals surface area contributed by atoms with Gasteiger partial charge in [-0.15, -0.1) is 0 Å². The van der Waals surface area contributed by atoms with Gasteiger partial charge in [0.25, 0.3) is 0 Å². The first kappa shape index (κ1) is 13.9. The molecule has 0 spiro atoms. The lowest BCUT2D eigenvalue weighted by atomic mass is 9.95. The number of benzene rings is 1. The number of nitrogens with zero attached hydrogens (tertiary/aromatic N) is 1. The van der Waals surface area contributed by atoms with Crippen molar-refractivity contribution in [3.05, 3.63) is 35.9 Å². The maximum Gasteiger partial charge on any atom is 0.410 e. The number of hydrogen-bond donors (Lipinski definition) is 1. The van der Waals surface area contributed by atoms with Crippen molar-refractivity contribution in [3.63, 3.8) is 0 Å². The Morgan fingerprint density at radius 1 is 1.37 bits per heavy atom. The monoisotopic (exact) mass is 262 g/mol. The van der Waals surface area contributed by atoms with Crippen LogP contribution in [-0.4, -0.2) is 30.1 Å². The Morgan fingerprint density at radius 2 is 2.11 bits per heavy atom. The maximum absolute atomic E-state index is 12.1. The summed E-state index contributed by atoms with van der Waals surface area (Å²) in [6, 6.07) is 9.85. The van der Waals surface area contributed by atoms with Crippen molar-refractivity contribution >= 4 is 6.09 Å². The van der Waals surface area contributed by atoms with Crippen LogP contribution in [0.4, 0.5) is 4.79 Å². The molecule has 19 heavy (non-hydrogen) atoms. The molecule has 1 aromatic rings. The third-order valence-electron chi connectivity index (χ3n) is 3.65. The molecule has 0 radical (unpaired) electrons. The molecular formula is C15H22N2O2. The molecule has 2 atom stereocenters. The average molecular weight is 262 g/mol. The molecule has 1 fully saturated rings. The Hall–Kier alpha value is -1.55. The van der Waals surface area contributed by atoms with Crippen LogP contribution in [0.1, 0.15) is 25.3 Å². The summed E-state index contributed by atoms with van der Waals surface area (Å²) < 4.78 is 5.38. The zero-order chi connectivity index (χ0) is 13.7. The number of nitrogens with two attached hydrogens (primary N) is 1. The molecule has 0 aliphatic carbocycles. The predicted octanol–water partition coefficient (Wildman–Crippen LogP) is 2.38. The summed E-state index contributed by atoms with van der Waals surface area (Å²) in [5, 5.41) is 0. The fourth-order valence-electron chi connectivity index (χ4n) is 2.48. The molecule has 1 aliphatic heterocycles. The Labute approximate surface area is 114 Å². The molecular weight excluding hydrogens is 240 g/mol. The van der Waals surface area contributed by atoms with E-state index in [9.17, 15) is 4.79 Å². The molecule has 2 rings (SSSR count). The largest absolute Gasteiger partial charge is 0.445 e. The fraction of sp³-hybridized carbons (Fsp3) is 0.533. The molecule has 1 aliphatic rings. The lowest BCUT2D eigenvalue weighted by molar-refractivity contribution is 0.0588. The second-order valence-electron chi connectivity index (χ2n) is 5.26. The van der Waals surface area contributed by atoms with E-state index in [1.54, 1.807) is 4.90 Å². The molecule has 1 saturated heterocycles. The second-order valence-corrected chi connectivity index (χ2v) is 5.26. The zero-order valence-corrected chi connectivity index (χ0v) is 11.4. The smallest absolute Gasteiger partial charge is 0.410 e. The maximum atomic E-state index is 12.1. The Morgan fingerprint density at radius 3 is 2.79 bits per heavy atom. The third kappa shape index (κ3) is 3.70. The van der Waals surface area contributed by atoms with Gasteiger partial charge in [0.1, 0.15) is 6.61 Å². The highest BCUT2D eigenvalue weighted by Crippen LogP contribution is 2.22. The highest BCUT2D eigenvalue weighted by Gasteiger charge is 2.29. The summed E-state index contributed by atoms with van der Waals surface area (Å²) >= 11 is 0. The summed E-state index contributed by atoms with van der Waals surface area (Å²) in [5.41, 5.74) is 6.74. The van der Waals surface area contributed by atoms with Crippen molar-refractivity contribution in [2.75, 3.05) is 13.1 Å². The SMILES string of the molecule is C[C@@H]1CC[C@H](CN)N(C(=O)OCc2ccccc2)C1. The van der Waals surface area contributed by atoms with Gasteiger partial charge in [-0.05, 0) is 24.3 Å². The van der Waals surface area contributed by atoms with Gasteiger partial charge in [-0.25, -0.2) is 4.79 Å². The van der Waals surface area contributed by atoms with Crippen LogP contribution in [0, 0.1) is 5.92 Å². The Balaban J connectivity index is 1.90. The van der Waals surface area contributed by atoms with Crippen LogP contribution in [0.2, 0.25) is 0 Å². The minimum atomic E-state index is -0.245. The van der Waals surface area contributed by atoms with Crippen LogP contribution in [-0.2, 0) is 11.3 Å². The Kier molecular flexibility index (Phi) is 4.80. The molecule has 4 nitrogen and oxygen atoms in total. The first-order valence-electron chi connectivity index (χ1n) is 6.88. The molecule has 2 N–H and O–H groups in total. The minimum absolute atomic E-state index is 0.125. The van der Waals surface area contributed by atoms with E-state index in [0.717, 1.165) is 24.9 Å². The van der Waals surface area contributed by atoms with E-state index in [0.29, 0.717) is 19.1 Å². The van der Waals surface area contributed by atoms with E-state index in [1.807, 2.05) is 30.3 Å². The van der Waals surface area contributed by atoms with Crippen LogP contribution < -0.4 is 5.73 Å². The van der Waals surface area contributed by atoms with E-state index in [1.165, 1.54) is 0 Å². The number of piperidine rings is 1. The predicted molar refractivity (Wildman–Crippen MR) is 74.6 cm³/mol. The first-order chi connectivity index (χ1) is 9.20. The summed E-state index contributed by atoms with van der Waals surface area (Å²) in [7, 11) is 0.